The number of nitro groups is 1. The number of methoxy groups -OCH3 is 1. The first-order chi connectivity index (χ1) is 11.1. The Bertz CT molecular complexity index is 773. The number of hydrogen-bond acceptors (Lipinski definition) is 4. The molecule has 0 unspecified atom stereocenters. The molecule has 23 heavy (non-hydrogen) atoms. The molecule has 0 radical (unpaired) electrons. The summed E-state index contributed by atoms with van der Waals surface area (Å²) in [5, 5.41) is 11.0. The van der Waals surface area contributed by atoms with Crippen molar-refractivity contribution in [1.82, 2.24) is 0 Å². The van der Waals surface area contributed by atoms with Gasteiger partial charge in [0.1, 0.15) is 5.75 Å². The summed E-state index contributed by atoms with van der Waals surface area (Å²) < 4.78 is 5.25. The summed E-state index contributed by atoms with van der Waals surface area (Å²) in [4.78, 5) is 25.1. The molecule has 1 aliphatic rings. The van der Waals surface area contributed by atoms with E-state index in [1.54, 1.807) is 35.2 Å². The first-order valence-electron chi connectivity index (χ1n) is 7.34. The van der Waals surface area contributed by atoms with Gasteiger partial charge in [0.15, 0.2) is 0 Å². The van der Waals surface area contributed by atoms with E-state index in [0.29, 0.717) is 23.5 Å². The number of nitro benzene ring substituents is 1. The zero-order chi connectivity index (χ0) is 16.4. The molecule has 1 amide bonds. The van der Waals surface area contributed by atoms with E-state index in [4.69, 9.17) is 4.74 Å². The molecule has 0 bridgehead atoms. The van der Waals surface area contributed by atoms with E-state index in [-0.39, 0.29) is 11.6 Å². The minimum Gasteiger partial charge on any atom is -0.496 e. The molecule has 1 aliphatic heterocycles. The number of ether oxygens (including phenoxy) is 1. The fourth-order valence-corrected chi connectivity index (χ4v) is 2.85. The summed E-state index contributed by atoms with van der Waals surface area (Å²) in [5.41, 5.74) is 2.00. The van der Waals surface area contributed by atoms with Gasteiger partial charge in [0.05, 0.1) is 23.3 Å². The van der Waals surface area contributed by atoms with Gasteiger partial charge in [-0.25, -0.2) is 0 Å². The van der Waals surface area contributed by atoms with E-state index in [1.807, 2.05) is 0 Å². The summed E-state index contributed by atoms with van der Waals surface area (Å²) in [6, 6.07) is 11.7. The smallest absolute Gasteiger partial charge is 0.271 e. The van der Waals surface area contributed by atoms with Crippen LogP contribution in [0.25, 0.3) is 0 Å². The van der Waals surface area contributed by atoms with Gasteiger partial charge < -0.3 is 9.64 Å². The molecule has 0 saturated heterocycles. The third kappa shape index (κ3) is 2.75. The summed E-state index contributed by atoms with van der Waals surface area (Å²) in [7, 11) is 1.51. The van der Waals surface area contributed by atoms with Gasteiger partial charge in [-0.15, -0.1) is 0 Å². The normalized spacial score (nSPS) is 13.3. The van der Waals surface area contributed by atoms with Crippen molar-refractivity contribution in [1.29, 1.82) is 0 Å². The fourth-order valence-electron chi connectivity index (χ4n) is 2.85. The molecule has 0 fully saturated rings. The number of nitrogens with zero attached hydrogens (tertiary/aromatic N) is 2. The number of para-hydroxylation sites is 1. The molecule has 6 heteroatoms. The standard InChI is InChI=1S/C17H16N2O4/c1-23-16-7-3-2-6-14(16)17(20)18-10-4-5-12-8-9-13(19(21)22)11-15(12)18/h2-3,6-9,11H,4-5,10H2,1H3. The Labute approximate surface area is 133 Å². The highest BCUT2D eigenvalue weighted by atomic mass is 16.6. The molecular weight excluding hydrogens is 296 g/mol. The van der Waals surface area contributed by atoms with Crippen molar-refractivity contribution in [2.75, 3.05) is 18.6 Å². The SMILES string of the molecule is COc1ccccc1C(=O)N1CCCc2ccc([N+](=O)[O-])cc21. The maximum absolute atomic E-state index is 12.9. The molecule has 0 atom stereocenters. The van der Waals surface area contributed by atoms with Gasteiger partial charge in [-0.3, -0.25) is 14.9 Å². The molecule has 0 aromatic heterocycles. The van der Waals surface area contributed by atoms with Crippen LogP contribution in [0, 0.1) is 10.1 Å². The summed E-state index contributed by atoms with van der Waals surface area (Å²) in [6.07, 6.45) is 1.63. The van der Waals surface area contributed by atoms with Crippen molar-refractivity contribution < 1.29 is 14.5 Å². The van der Waals surface area contributed by atoms with Crippen LogP contribution in [-0.2, 0) is 6.42 Å². The van der Waals surface area contributed by atoms with Crippen LogP contribution >= 0.6 is 0 Å². The van der Waals surface area contributed by atoms with Crippen molar-refractivity contribution in [2.45, 2.75) is 12.8 Å². The van der Waals surface area contributed by atoms with Crippen molar-refractivity contribution >= 4 is 17.3 Å². The maximum atomic E-state index is 12.9. The van der Waals surface area contributed by atoms with Crippen molar-refractivity contribution in [2.24, 2.45) is 0 Å². The quantitative estimate of drug-likeness (QED) is 0.644. The average molecular weight is 312 g/mol. The third-order valence-corrected chi connectivity index (χ3v) is 3.98. The van der Waals surface area contributed by atoms with Crippen LogP contribution in [0.4, 0.5) is 11.4 Å². The van der Waals surface area contributed by atoms with Crippen LogP contribution in [-0.4, -0.2) is 24.5 Å². The first-order valence-corrected chi connectivity index (χ1v) is 7.34. The van der Waals surface area contributed by atoms with Crippen LogP contribution in [0.15, 0.2) is 42.5 Å². The molecule has 0 spiro atoms. The lowest BCUT2D eigenvalue weighted by atomic mass is 10.00. The molecule has 0 saturated carbocycles. The van der Waals surface area contributed by atoms with E-state index in [2.05, 4.69) is 0 Å². The predicted molar refractivity (Wildman–Crippen MR) is 86.1 cm³/mol. The highest BCUT2D eigenvalue weighted by Gasteiger charge is 2.27. The lowest BCUT2D eigenvalue weighted by Crippen LogP contribution is -2.35. The lowest BCUT2D eigenvalue weighted by molar-refractivity contribution is -0.384. The molecule has 6 nitrogen and oxygen atoms in total. The van der Waals surface area contributed by atoms with Crippen LogP contribution < -0.4 is 9.64 Å². The van der Waals surface area contributed by atoms with Crippen LogP contribution in [0.5, 0.6) is 5.75 Å². The molecule has 0 aliphatic carbocycles. The van der Waals surface area contributed by atoms with E-state index >= 15 is 0 Å². The molecule has 3 rings (SSSR count). The van der Waals surface area contributed by atoms with E-state index < -0.39 is 4.92 Å². The van der Waals surface area contributed by atoms with Gasteiger partial charge in [-0.05, 0) is 30.5 Å². The van der Waals surface area contributed by atoms with Gasteiger partial charge >= 0.3 is 0 Å². The molecule has 2 aromatic rings. The Morgan fingerprint density at radius 3 is 2.78 bits per heavy atom. The number of anilines is 1. The second kappa shape index (κ2) is 6.08. The number of carbonyl (C=O) groups excluding carboxylic acids is 1. The number of non-ortho nitro benzene ring substituents is 1. The lowest BCUT2D eigenvalue weighted by Gasteiger charge is -2.29. The monoisotopic (exact) mass is 312 g/mol. The van der Waals surface area contributed by atoms with Gasteiger partial charge in [0.2, 0.25) is 0 Å². The predicted octanol–water partition coefficient (Wildman–Crippen LogP) is 3.20. The Hall–Kier alpha value is -2.89. The maximum Gasteiger partial charge on any atom is 0.271 e. The number of aryl methyl sites for hydroxylation is 1. The van der Waals surface area contributed by atoms with E-state index in [9.17, 15) is 14.9 Å². The van der Waals surface area contributed by atoms with Crippen molar-refractivity contribution in [3.05, 3.63) is 63.7 Å². The zero-order valence-electron chi connectivity index (χ0n) is 12.7. The molecule has 0 N–H and O–H groups in total. The summed E-state index contributed by atoms with van der Waals surface area (Å²) in [5.74, 6) is 0.291. The number of carbonyl (C=O) groups is 1. The largest absolute Gasteiger partial charge is 0.496 e. The Morgan fingerprint density at radius 2 is 2.04 bits per heavy atom. The Morgan fingerprint density at radius 1 is 1.26 bits per heavy atom. The highest BCUT2D eigenvalue weighted by Crippen LogP contribution is 2.33. The first kappa shape index (κ1) is 15.0. The molecular formula is C17H16N2O4. The summed E-state index contributed by atoms with van der Waals surface area (Å²) in [6.45, 7) is 0.533. The zero-order valence-corrected chi connectivity index (χ0v) is 12.7. The van der Waals surface area contributed by atoms with Gasteiger partial charge in [-0.2, -0.15) is 0 Å². The Balaban J connectivity index is 2.04. The number of rotatable bonds is 3. The van der Waals surface area contributed by atoms with Crippen molar-refractivity contribution in [3.63, 3.8) is 0 Å². The minimum absolute atomic E-state index is 0.0107. The van der Waals surface area contributed by atoms with Crippen LogP contribution in [0.3, 0.4) is 0 Å². The van der Waals surface area contributed by atoms with E-state index in [0.717, 1.165) is 18.4 Å². The molecule has 2 aromatic carbocycles. The van der Waals surface area contributed by atoms with Gasteiger partial charge in [-0.1, -0.05) is 18.2 Å². The van der Waals surface area contributed by atoms with E-state index in [1.165, 1.54) is 19.2 Å². The topological polar surface area (TPSA) is 72.7 Å². The number of benzene rings is 2. The average Bonchev–Trinajstić information content (AvgIpc) is 2.60. The van der Waals surface area contributed by atoms with Gasteiger partial charge in [0.25, 0.3) is 11.6 Å². The second-order valence-corrected chi connectivity index (χ2v) is 5.33. The highest BCUT2D eigenvalue weighted by molar-refractivity contribution is 6.08. The Kier molecular flexibility index (Phi) is 3.97. The minimum atomic E-state index is -0.444. The van der Waals surface area contributed by atoms with Crippen LogP contribution in [0.2, 0.25) is 0 Å². The van der Waals surface area contributed by atoms with Crippen LogP contribution in [0.1, 0.15) is 22.3 Å². The number of amides is 1. The third-order valence-electron chi connectivity index (χ3n) is 3.98. The molecule has 1 heterocycles. The fraction of sp³-hybridized carbons (Fsp3) is 0.235. The van der Waals surface area contributed by atoms with Crippen molar-refractivity contribution in [3.8, 4) is 5.75 Å². The second-order valence-electron chi connectivity index (χ2n) is 5.33. The number of hydrogen-bond donors (Lipinski definition) is 0. The number of fused-ring (bicyclic) bond motifs is 1. The summed E-state index contributed by atoms with van der Waals surface area (Å²) >= 11 is 0. The molecule has 118 valence electrons. The van der Waals surface area contributed by atoms with Gasteiger partial charge in [0, 0.05) is 18.7 Å².